The van der Waals surface area contributed by atoms with Crippen molar-refractivity contribution in [2.75, 3.05) is 5.73 Å². The van der Waals surface area contributed by atoms with Gasteiger partial charge in [0.2, 0.25) is 0 Å². The molecule has 3 aromatic rings. The summed E-state index contributed by atoms with van der Waals surface area (Å²) in [4.78, 5) is 4.03. The molecule has 0 atom stereocenters. The van der Waals surface area contributed by atoms with Gasteiger partial charge in [0.25, 0.3) is 0 Å². The lowest BCUT2D eigenvalue weighted by molar-refractivity contribution is 0.472. The van der Waals surface area contributed by atoms with Crippen molar-refractivity contribution >= 4 is 5.82 Å². The Morgan fingerprint density at radius 3 is 2.58 bits per heavy atom. The predicted molar refractivity (Wildman–Crippen MR) is 91.2 cm³/mol. The molecule has 0 unspecified atom stereocenters. The molecule has 0 spiro atoms. The van der Waals surface area contributed by atoms with Gasteiger partial charge in [-0.15, -0.1) is 0 Å². The number of benzene rings is 1. The first-order valence-electron chi connectivity index (χ1n) is 7.46. The van der Waals surface area contributed by atoms with Gasteiger partial charge in [-0.2, -0.15) is 10.4 Å². The number of nitriles is 1. The summed E-state index contributed by atoms with van der Waals surface area (Å²) in [5.74, 6) is 1.73. The lowest BCUT2D eigenvalue weighted by atomic mass is 10.1. The van der Waals surface area contributed by atoms with Crippen LogP contribution in [0.5, 0.6) is 11.5 Å². The topological polar surface area (TPSA) is 89.8 Å². The molecule has 6 nitrogen and oxygen atoms in total. The van der Waals surface area contributed by atoms with E-state index in [2.05, 4.69) is 16.2 Å². The Morgan fingerprint density at radius 2 is 1.96 bits per heavy atom. The average molecular weight is 319 g/mol. The van der Waals surface area contributed by atoms with E-state index < -0.39 is 0 Å². The molecule has 1 aromatic carbocycles. The van der Waals surface area contributed by atoms with E-state index in [1.54, 1.807) is 24.4 Å². The van der Waals surface area contributed by atoms with E-state index in [9.17, 15) is 0 Å². The molecule has 0 radical (unpaired) electrons. The molecule has 2 aromatic heterocycles. The molecule has 3 rings (SSSR count). The Morgan fingerprint density at radius 1 is 1.17 bits per heavy atom. The summed E-state index contributed by atoms with van der Waals surface area (Å²) in [5, 5.41) is 13.6. The lowest BCUT2D eigenvalue weighted by Crippen LogP contribution is -2.00. The number of rotatable bonds is 3. The number of pyridine rings is 1. The Bertz CT molecular complexity index is 935. The zero-order valence-electron chi connectivity index (χ0n) is 13.7. The molecule has 0 amide bonds. The second-order valence-corrected chi connectivity index (χ2v) is 5.54. The maximum absolute atomic E-state index is 9.06. The molecule has 24 heavy (non-hydrogen) atoms. The van der Waals surface area contributed by atoms with Crippen molar-refractivity contribution < 1.29 is 4.74 Å². The van der Waals surface area contributed by atoms with Crippen molar-refractivity contribution in [2.45, 2.75) is 20.8 Å². The van der Waals surface area contributed by atoms with Gasteiger partial charge in [-0.25, -0.2) is 9.67 Å². The van der Waals surface area contributed by atoms with Gasteiger partial charge in [0.05, 0.1) is 29.2 Å². The summed E-state index contributed by atoms with van der Waals surface area (Å²) in [5.41, 5.74) is 9.68. The van der Waals surface area contributed by atoms with E-state index in [-0.39, 0.29) is 0 Å². The molecule has 0 saturated heterocycles. The molecule has 0 saturated carbocycles. The van der Waals surface area contributed by atoms with Gasteiger partial charge >= 0.3 is 0 Å². The van der Waals surface area contributed by atoms with Gasteiger partial charge in [-0.3, -0.25) is 0 Å². The van der Waals surface area contributed by atoms with Crippen molar-refractivity contribution in [3.8, 4) is 23.3 Å². The Labute approximate surface area is 140 Å². The minimum absolute atomic E-state index is 0.444. The summed E-state index contributed by atoms with van der Waals surface area (Å²) < 4.78 is 7.73. The number of anilines is 1. The summed E-state index contributed by atoms with van der Waals surface area (Å²) in [7, 11) is 0. The van der Waals surface area contributed by atoms with Crippen molar-refractivity contribution in [1.82, 2.24) is 14.8 Å². The number of ether oxygens (including phenoxy) is 1. The molecular weight excluding hydrogens is 302 g/mol. The maximum Gasteiger partial charge on any atom is 0.171 e. The molecular formula is C18H17N5O. The standard InChI is InChI=1S/C18H17N5O/c1-11-8-15(5-4-14(11)9-19)23-13(3)18(12(2)22-23)24-16-6-7-17(20)21-10-16/h4-8,10H,1-3H3,(H2,20,21). The van der Waals surface area contributed by atoms with Crippen LogP contribution in [0.3, 0.4) is 0 Å². The third kappa shape index (κ3) is 2.79. The van der Waals surface area contributed by atoms with Crippen LogP contribution in [0.15, 0.2) is 36.5 Å². The number of nitrogen functional groups attached to an aromatic ring is 1. The van der Waals surface area contributed by atoms with Crippen molar-refractivity contribution in [2.24, 2.45) is 0 Å². The summed E-state index contributed by atoms with van der Waals surface area (Å²) in [6.45, 7) is 5.73. The number of hydrogen-bond acceptors (Lipinski definition) is 5. The molecule has 120 valence electrons. The van der Waals surface area contributed by atoms with Crippen LogP contribution in [-0.4, -0.2) is 14.8 Å². The fourth-order valence-electron chi connectivity index (χ4n) is 2.50. The molecule has 0 bridgehead atoms. The molecule has 0 aliphatic carbocycles. The summed E-state index contributed by atoms with van der Waals surface area (Å²) in [6, 6.07) is 11.2. The highest BCUT2D eigenvalue weighted by Crippen LogP contribution is 2.30. The molecule has 2 N–H and O–H groups in total. The average Bonchev–Trinajstić information content (AvgIpc) is 2.85. The number of aryl methyl sites for hydroxylation is 2. The van der Waals surface area contributed by atoms with Crippen LogP contribution < -0.4 is 10.5 Å². The van der Waals surface area contributed by atoms with E-state index in [4.69, 9.17) is 15.7 Å². The summed E-state index contributed by atoms with van der Waals surface area (Å²) in [6.07, 6.45) is 1.58. The van der Waals surface area contributed by atoms with Crippen LogP contribution in [0.25, 0.3) is 5.69 Å². The van der Waals surface area contributed by atoms with Crippen LogP contribution in [0.4, 0.5) is 5.82 Å². The van der Waals surface area contributed by atoms with Gasteiger partial charge in [0, 0.05) is 0 Å². The van der Waals surface area contributed by atoms with Crippen molar-refractivity contribution in [3.63, 3.8) is 0 Å². The van der Waals surface area contributed by atoms with Gasteiger partial charge in [0.15, 0.2) is 5.75 Å². The Hall–Kier alpha value is -3.33. The zero-order valence-corrected chi connectivity index (χ0v) is 13.7. The quantitative estimate of drug-likeness (QED) is 0.798. The van der Waals surface area contributed by atoms with E-state index in [1.165, 1.54) is 0 Å². The zero-order chi connectivity index (χ0) is 17.3. The largest absolute Gasteiger partial charge is 0.452 e. The molecule has 0 aliphatic heterocycles. The summed E-state index contributed by atoms with van der Waals surface area (Å²) >= 11 is 0. The number of nitrogens with zero attached hydrogens (tertiary/aromatic N) is 4. The van der Waals surface area contributed by atoms with Crippen LogP contribution in [0.2, 0.25) is 0 Å². The highest BCUT2D eigenvalue weighted by atomic mass is 16.5. The smallest absolute Gasteiger partial charge is 0.171 e. The van der Waals surface area contributed by atoms with Crippen molar-refractivity contribution in [3.05, 3.63) is 59.0 Å². The molecule has 6 heteroatoms. The lowest BCUT2D eigenvalue weighted by Gasteiger charge is -2.08. The Kier molecular flexibility index (Phi) is 3.92. The predicted octanol–water partition coefficient (Wildman–Crippen LogP) is 3.44. The SMILES string of the molecule is Cc1cc(-n2nc(C)c(Oc3ccc(N)nc3)c2C)ccc1C#N. The van der Waals surface area contributed by atoms with Gasteiger partial charge < -0.3 is 10.5 Å². The molecule has 0 fully saturated rings. The van der Waals surface area contributed by atoms with Crippen molar-refractivity contribution in [1.29, 1.82) is 5.26 Å². The first-order valence-corrected chi connectivity index (χ1v) is 7.46. The first kappa shape index (κ1) is 15.6. The fraction of sp³-hybridized carbons (Fsp3) is 0.167. The monoisotopic (exact) mass is 319 g/mol. The van der Waals surface area contributed by atoms with Crippen LogP contribution >= 0.6 is 0 Å². The van der Waals surface area contributed by atoms with Crippen LogP contribution in [-0.2, 0) is 0 Å². The second kappa shape index (κ2) is 6.05. The van der Waals surface area contributed by atoms with E-state index >= 15 is 0 Å². The maximum atomic E-state index is 9.06. The molecule has 0 aliphatic rings. The number of hydrogen-bond donors (Lipinski definition) is 1. The number of nitrogens with two attached hydrogens (primary N) is 1. The number of aromatic nitrogens is 3. The van der Waals surface area contributed by atoms with E-state index in [0.29, 0.717) is 22.9 Å². The minimum atomic E-state index is 0.444. The van der Waals surface area contributed by atoms with Crippen LogP contribution in [0, 0.1) is 32.1 Å². The van der Waals surface area contributed by atoms with Gasteiger partial charge in [-0.1, -0.05) is 0 Å². The third-order valence-corrected chi connectivity index (χ3v) is 3.78. The highest BCUT2D eigenvalue weighted by molar-refractivity contribution is 5.48. The van der Waals surface area contributed by atoms with E-state index in [1.807, 2.05) is 37.6 Å². The Balaban J connectivity index is 1.99. The third-order valence-electron chi connectivity index (χ3n) is 3.78. The highest BCUT2D eigenvalue weighted by Gasteiger charge is 2.15. The minimum Gasteiger partial charge on any atom is -0.452 e. The van der Waals surface area contributed by atoms with Gasteiger partial charge in [0.1, 0.15) is 17.3 Å². The van der Waals surface area contributed by atoms with E-state index in [0.717, 1.165) is 22.6 Å². The second-order valence-electron chi connectivity index (χ2n) is 5.54. The normalized spacial score (nSPS) is 10.4. The fourth-order valence-corrected chi connectivity index (χ4v) is 2.50. The first-order chi connectivity index (χ1) is 11.5. The van der Waals surface area contributed by atoms with Gasteiger partial charge in [-0.05, 0) is 56.7 Å². The van der Waals surface area contributed by atoms with Crippen LogP contribution in [0.1, 0.15) is 22.5 Å². The molecule has 2 heterocycles.